The van der Waals surface area contributed by atoms with E-state index in [1.54, 1.807) is 18.2 Å². The smallest absolute Gasteiger partial charge is 0.316 e. The van der Waals surface area contributed by atoms with Crippen molar-refractivity contribution in [3.8, 4) is 0 Å². The molecule has 2 rings (SSSR count). The molecular formula is C16H10Cl2F3NO3S. The minimum absolute atomic E-state index is 0.146. The summed E-state index contributed by atoms with van der Waals surface area (Å²) in [6.45, 7) is -0.721. The summed E-state index contributed by atoms with van der Waals surface area (Å²) in [4.78, 5) is 23.8. The van der Waals surface area contributed by atoms with Crippen molar-refractivity contribution in [1.29, 1.82) is 0 Å². The van der Waals surface area contributed by atoms with Gasteiger partial charge >= 0.3 is 5.97 Å². The lowest BCUT2D eigenvalue weighted by molar-refractivity contribution is -0.144. The number of esters is 1. The minimum Gasteiger partial charge on any atom is -0.455 e. The van der Waals surface area contributed by atoms with Crippen molar-refractivity contribution in [2.24, 2.45) is 0 Å². The van der Waals surface area contributed by atoms with Crippen LogP contribution in [0.2, 0.25) is 10.0 Å². The quantitative estimate of drug-likeness (QED) is 0.416. The van der Waals surface area contributed by atoms with Gasteiger partial charge in [0, 0.05) is 9.92 Å². The number of rotatable bonds is 6. The second-order valence-electron chi connectivity index (χ2n) is 4.80. The highest BCUT2D eigenvalue weighted by Gasteiger charge is 2.16. The Morgan fingerprint density at radius 3 is 2.54 bits per heavy atom. The Kier molecular flexibility index (Phi) is 7.19. The van der Waals surface area contributed by atoms with Gasteiger partial charge in [-0.05, 0) is 30.3 Å². The molecule has 0 saturated carbocycles. The van der Waals surface area contributed by atoms with Gasteiger partial charge in [0.15, 0.2) is 24.1 Å². The van der Waals surface area contributed by atoms with Crippen molar-refractivity contribution < 1.29 is 27.5 Å². The zero-order chi connectivity index (χ0) is 19.3. The highest BCUT2D eigenvalue weighted by Crippen LogP contribution is 2.29. The van der Waals surface area contributed by atoms with Crippen LogP contribution in [0.1, 0.15) is 0 Å². The molecule has 0 spiro atoms. The second kappa shape index (κ2) is 9.16. The zero-order valence-electron chi connectivity index (χ0n) is 12.8. The summed E-state index contributed by atoms with van der Waals surface area (Å²) in [5.41, 5.74) is -0.565. The third kappa shape index (κ3) is 5.55. The number of carbonyl (C=O) groups is 2. The van der Waals surface area contributed by atoms with Gasteiger partial charge in [0.25, 0.3) is 5.91 Å². The summed E-state index contributed by atoms with van der Waals surface area (Å²) in [5, 5.41) is 2.83. The molecule has 0 saturated heterocycles. The number of anilines is 1. The van der Waals surface area contributed by atoms with Crippen LogP contribution in [-0.4, -0.2) is 24.2 Å². The minimum atomic E-state index is -1.71. The lowest BCUT2D eigenvalue weighted by Gasteiger charge is -2.08. The summed E-state index contributed by atoms with van der Waals surface area (Å²) in [6.07, 6.45) is 0. The third-order valence-corrected chi connectivity index (χ3v) is 4.62. The van der Waals surface area contributed by atoms with Gasteiger partial charge in [-0.15, -0.1) is 11.8 Å². The Bertz CT molecular complexity index is 852. The molecule has 0 radical (unpaired) electrons. The summed E-state index contributed by atoms with van der Waals surface area (Å²) in [7, 11) is 0. The number of hydrogen-bond donors (Lipinski definition) is 1. The number of nitrogens with one attached hydrogen (secondary N) is 1. The molecule has 0 aromatic heterocycles. The number of ether oxygens (including phenoxy) is 1. The largest absolute Gasteiger partial charge is 0.455 e. The van der Waals surface area contributed by atoms with Gasteiger partial charge in [0.1, 0.15) is 0 Å². The Morgan fingerprint density at radius 1 is 1.08 bits per heavy atom. The standard InChI is InChI=1S/C16H10Cl2F3NO3S/c17-8-1-2-9(18)12(5-8)26-7-14(24)25-6-13(23)22-11-4-3-10(19)15(20)16(11)21/h1-5H,6-7H2,(H,22,23). The number of halogens is 5. The molecule has 0 fully saturated rings. The van der Waals surface area contributed by atoms with Crippen LogP contribution >= 0.6 is 35.0 Å². The number of thioether (sulfide) groups is 1. The molecule has 0 atom stereocenters. The van der Waals surface area contributed by atoms with Gasteiger partial charge < -0.3 is 10.1 Å². The van der Waals surface area contributed by atoms with E-state index in [1.807, 2.05) is 5.32 Å². The van der Waals surface area contributed by atoms with Crippen molar-refractivity contribution in [2.75, 3.05) is 17.7 Å². The Balaban J connectivity index is 1.83. The summed E-state index contributed by atoms with van der Waals surface area (Å²) >= 11 is 12.8. The van der Waals surface area contributed by atoms with E-state index in [4.69, 9.17) is 27.9 Å². The summed E-state index contributed by atoms with van der Waals surface area (Å²) in [6, 6.07) is 6.24. The van der Waals surface area contributed by atoms with Crippen LogP contribution < -0.4 is 5.32 Å². The molecule has 0 aliphatic carbocycles. The molecule has 0 bridgehead atoms. The van der Waals surface area contributed by atoms with Gasteiger partial charge in [0.05, 0.1) is 16.5 Å². The Morgan fingerprint density at radius 2 is 1.81 bits per heavy atom. The van der Waals surface area contributed by atoms with Crippen LogP contribution in [0, 0.1) is 17.5 Å². The van der Waals surface area contributed by atoms with Crippen molar-refractivity contribution in [3.63, 3.8) is 0 Å². The van der Waals surface area contributed by atoms with Crippen LogP contribution in [0.4, 0.5) is 18.9 Å². The molecule has 10 heteroatoms. The maximum absolute atomic E-state index is 13.4. The summed E-state index contributed by atoms with van der Waals surface area (Å²) in [5.74, 6) is -6.43. The second-order valence-corrected chi connectivity index (χ2v) is 6.66. The molecule has 0 aliphatic rings. The molecule has 0 heterocycles. The molecule has 0 aliphatic heterocycles. The first-order valence-electron chi connectivity index (χ1n) is 6.94. The van der Waals surface area contributed by atoms with Crippen LogP contribution in [0.3, 0.4) is 0 Å². The molecule has 138 valence electrons. The first-order chi connectivity index (χ1) is 12.3. The normalized spacial score (nSPS) is 10.5. The maximum Gasteiger partial charge on any atom is 0.316 e. The predicted octanol–water partition coefficient (Wildman–Crippen LogP) is 4.68. The lowest BCUT2D eigenvalue weighted by atomic mass is 10.3. The van der Waals surface area contributed by atoms with Crippen LogP contribution in [-0.2, 0) is 14.3 Å². The van der Waals surface area contributed by atoms with E-state index in [0.29, 0.717) is 21.0 Å². The number of carbonyl (C=O) groups excluding carboxylic acids is 2. The van der Waals surface area contributed by atoms with Gasteiger partial charge in [-0.1, -0.05) is 23.2 Å². The highest BCUT2D eigenvalue weighted by molar-refractivity contribution is 8.00. The zero-order valence-corrected chi connectivity index (χ0v) is 15.2. The van der Waals surface area contributed by atoms with E-state index >= 15 is 0 Å². The van der Waals surface area contributed by atoms with Gasteiger partial charge in [-0.3, -0.25) is 9.59 Å². The molecule has 26 heavy (non-hydrogen) atoms. The monoisotopic (exact) mass is 423 g/mol. The fourth-order valence-corrected chi connectivity index (χ4v) is 3.01. The average molecular weight is 424 g/mol. The van der Waals surface area contributed by atoms with E-state index in [2.05, 4.69) is 0 Å². The fourth-order valence-electron chi connectivity index (χ4n) is 1.72. The predicted molar refractivity (Wildman–Crippen MR) is 93.1 cm³/mol. The van der Waals surface area contributed by atoms with Gasteiger partial charge in [0.2, 0.25) is 0 Å². The average Bonchev–Trinajstić information content (AvgIpc) is 2.61. The molecule has 1 N–H and O–H groups in total. The molecule has 4 nitrogen and oxygen atoms in total. The SMILES string of the molecule is O=C(COC(=O)CSc1cc(Cl)ccc1Cl)Nc1ccc(F)c(F)c1F. The fraction of sp³-hybridized carbons (Fsp3) is 0.125. The van der Waals surface area contributed by atoms with E-state index in [-0.39, 0.29) is 5.75 Å². The molecule has 2 aromatic carbocycles. The Labute approximate surface area is 160 Å². The number of benzene rings is 2. The van der Waals surface area contributed by atoms with E-state index in [0.717, 1.165) is 17.8 Å². The van der Waals surface area contributed by atoms with Crippen LogP contribution in [0.5, 0.6) is 0 Å². The van der Waals surface area contributed by atoms with Crippen LogP contribution in [0.15, 0.2) is 35.2 Å². The summed E-state index contributed by atoms with van der Waals surface area (Å²) < 4.78 is 44.0. The van der Waals surface area contributed by atoms with E-state index < -0.39 is 41.6 Å². The molecular weight excluding hydrogens is 414 g/mol. The van der Waals surface area contributed by atoms with Crippen molar-refractivity contribution in [3.05, 3.63) is 57.8 Å². The number of hydrogen-bond acceptors (Lipinski definition) is 4. The lowest BCUT2D eigenvalue weighted by Crippen LogP contribution is -2.22. The molecule has 0 unspecified atom stereocenters. The van der Waals surface area contributed by atoms with Gasteiger partial charge in [-0.2, -0.15) is 0 Å². The number of amides is 1. The molecule has 1 amide bonds. The van der Waals surface area contributed by atoms with Crippen molar-refractivity contribution in [1.82, 2.24) is 0 Å². The molecule has 2 aromatic rings. The van der Waals surface area contributed by atoms with E-state index in [1.165, 1.54) is 0 Å². The van der Waals surface area contributed by atoms with Crippen LogP contribution in [0.25, 0.3) is 0 Å². The van der Waals surface area contributed by atoms with E-state index in [9.17, 15) is 22.8 Å². The van der Waals surface area contributed by atoms with Gasteiger partial charge in [-0.25, -0.2) is 13.2 Å². The van der Waals surface area contributed by atoms with Crippen molar-refractivity contribution in [2.45, 2.75) is 4.90 Å². The maximum atomic E-state index is 13.4. The topological polar surface area (TPSA) is 55.4 Å². The highest BCUT2D eigenvalue weighted by atomic mass is 35.5. The Hall–Kier alpha value is -1.90. The van der Waals surface area contributed by atoms with Crippen molar-refractivity contribution >= 4 is 52.5 Å². The first kappa shape index (κ1) is 20.4. The third-order valence-electron chi connectivity index (χ3n) is 2.91. The first-order valence-corrected chi connectivity index (χ1v) is 8.69.